The molecule has 1 N–H and O–H groups in total. The SMILES string of the molecule is CC(O)(CI)C(F)(F)F. The van der Waals surface area contributed by atoms with Gasteiger partial charge in [-0.3, -0.25) is 0 Å². The summed E-state index contributed by atoms with van der Waals surface area (Å²) in [5.74, 6) is 0. The molecule has 1 unspecified atom stereocenters. The number of rotatable bonds is 1. The predicted molar refractivity (Wildman–Crippen MR) is 35.6 cm³/mol. The molecule has 0 aliphatic rings. The molecule has 0 heterocycles. The lowest BCUT2D eigenvalue weighted by molar-refractivity contribution is -0.241. The van der Waals surface area contributed by atoms with Crippen LogP contribution in [0.5, 0.6) is 0 Å². The topological polar surface area (TPSA) is 20.2 Å². The Hall–Kier alpha value is 0.480. The summed E-state index contributed by atoms with van der Waals surface area (Å²) in [5, 5.41) is 8.53. The van der Waals surface area contributed by atoms with Crippen molar-refractivity contribution in [2.45, 2.75) is 18.7 Å². The van der Waals surface area contributed by atoms with E-state index >= 15 is 0 Å². The van der Waals surface area contributed by atoms with Crippen molar-refractivity contribution in [3.05, 3.63) is 0 Å². The summed E-state index contributed by atoms with van der Waals surface area (Å²) in [6.07, 6.45) is -4.51. The fourth-order valence-corrected chi connectivity index (χ4v) is 0.508. The van der Waals surface area contributed by atoms with E-state index in [4.69, 9.17) is 5.11 Å². The summed E-state index contributed by atoms with van der Waals surface area (Å²) in [7, 11) is 0. The van der Waals surface area contributed by atoms with E-state index in [0.29, 0.717) is 0 Å². The van der Waals surface area contributed by atoms with Gasteiger partial charge in [-0.25, -0.2) is 0 Å². The zero-order valence-electron chi connectivity index (χ0n) is 4.67. The quantitative estimate of drug-likeness (QED) is 0.558. The van der Waals surface area contributed by atoms with E-state index in [1.54, 1.807) is 0 Å². The largest absolute Gasteiger partial charge is 0.417 e. The van der Waals surface area contributed by atoms with Crippen molar-refractivity contribution in [1.82, 2.24) is 0 Å². The fraction of sp³-hybridized carbons (Fsp3) is 1.00. The first-order chi connectivity index (χ1) is 3.81. The van der Waals surface area contributed by atoms with Crippen LogP contribution in [0.2, 0.25) is 0 Å². The first kappa shape index (κ1) is 9.48. The van der Waals surface area contributed by atoms with Crippen molar-refractivity contribution >= 4 is 22.6 Å². The second-order valence-electron chi connectivity index (χ2n) is 1.91. The highest BCUT2D eigenvalue weighted by atomic mass is 127. The lowest BCUT2D eigenvalue weighted by Crippen LogP contribution is -2.43. The van der Waals surface area contributed by atoms with Gasteiger partial charge in [0.2, 0.25) is 0 Å². The molecular weight excluding hydrogens is 248 g/mol. The van der Waals surface area contributed by atoms with Gasteiger partial charge < -0.3 is 5.11 Å². The van der Waals surface area contributed by atoms with Gasteiger partial charge >= 0.3 is 6.18 Å². The van der Waals surface area contributed by atoms with Crippen molar-refractivity contribution in [2.24, 2.45) is 0 Å². The number of hydrogen-bond acceptors (Lipinski definition) is 1. The van der Waals surface area contributed by atoms with Crippen LogP contribution in [0.25, 0.3) is 0 Å². The first-order valence-corrected chi connectivity index (χ1v) is 3.69. The first-order valence-electron chi connectivity index (χ1n) is 2.16. The predicted octanol–water partition coefficient (Wildman–Crippen LogP) is 1.73. The van der Waals surface area contributed by atoms with Crippen molar-refractivity contribution in [1.29, 1.82) is 0 Å². The zero-order valence-corrected chi connectivity index (χ0v) is 6.82. The normalized spacial score (nSPS) is 19.3. The van der Waals surface area contributed by atoms with Crippen LogP contribution in [0.4, 0.5) is 13.2 Å². The lowest BCUT2D eigenvalue weighted by Gasteiger charge is -2.23. The van der Waals surface area contributed by atoms with Gasteiger partial charge in [0.25, 0.3) is 0 Å². The Morgan fingerprint density at radius 2 is 1.78 bits per heavy atom. The van der Waals surface area contributed by atoms with Crippen LogP contribution in [0.15, 0.2) is 0 Å². The van der Waals surface area contributed by atoms with Crippen LogP contribution in [0.3, 0.4) is 0 Å². The number of hydrogen-bond donors (Lipinski definition) is 1. The van der Waals surface area contributed by atoms with E-state index in [1.165, 1.54) is 22.6 Å². The summed E-state index contributed by atoms with van der Waals surface area (Å²) >= 11 is 1.49. The molecule has 0 bridgehead atoms. The number of aliphatic hydroxyl groups is 1. The van der Waals surface area contributed by atoms with Gasteiger partial charge in [-0.15, -0.1) is 0 Å². The van der Waals surface area contributed by atoms with E-state index in [-0.39, 0.29) is 4.43 Å². The molecule has 0 fully saturated rings. The second-order valence-corrected chi connectivity index (χ2v) is 2.67. The van der Waals surface area contributed by atoms with Crippen LogP contribution >= 0.6 is 22.6 Å². The minimum Gasteiger partial charge on any atom is -0.380 e. The number of halogens is 4. The van der Waals surface area contributed by atoms with E-state index in [9.17, 15) is 13.2 Å². The Bertz CT molecular complexity index is 98.5. The van der Waals surface area contributed by atoms with Crippen LogP contribution in [-0.2, 0) is 0 Å². The van der Waals surface area contributed by atoms with Crippen molar-refractivity contribution < 1.29 is 18.3 Å². The molecule has 0 spiro atoms. The third-order valence-corrected chi connectivity index (χ3v) is 2.36. The average molecular weight is 254 g/mol. The van der Waals surface area contributed by atoms with Crippen LogP contribution in [0.1, 0.15) is 6.92 Å². The van der Waals surface area contributed by atoms with Gasteiger partial charge in [0, 0.05) is 4.43 Å². The molecule has 9 heavy (non-hydrogen) atoms. The Morgan fingerprint density at radius 1 is 1.44 bits per heavy atom. The molecule has 1 atom stereocenters. The molecule has 0 aromatic rings. The Kier molecular flexibility index (Phi) is 2.75. The van der Waals surface area contributed by atoms with E-state index < -0.39 is 11.8 Å². The van der Waals surface area contributed by atoms with E-state index in [2.05, 4.69) is 0 Å². The van der Waals surface area contributed by atoms with Crippen LogP contribution < -0.4 is 0 Å². The maximum Gasteiger partial charge on any atom is 0.417 e. The molecule has 5 heteroatoms. The third kappa shape index (κ3) is 2.29. The van der Waals surface area contributed by atoms with Gasteiger partial charge in [0.05, 0.1) is 0 Å². The second kappa shape index (κ2) is 2.61. The molecule has 0 aliphatic carbocycles. The summed E-state index contributed by atoms with van der Waals surface area (Å²) in [6.45, 7) is 0.749. The summed E-state index contributed by atoms with van der Waals surface area (Å²) in [4.78, 5) is 0. The fourth-order valence-electron chi connectivity index (χ4n) is 0.0758. The Labute approximate surface area is 64.4 Å². The monoisotopic (exact) mass is 254 g/mol. The third-order valence-electron chi connectivity index (χ3n) is 0.871. The van der Waals surface area contributed by atoms with Crippen LogP contribution in [-0.4, -0.2) is 21.3 Å². The summed E-state index contributed by atoms with van der Waals surface area (Å²) < 4.78 is 34.4. The molecule has 0 rings (SSSR count). The Morgan fingerprint density at radius 3 is 1.78 bits per heavy atom. The molecule has 0 aromatic carbocycles. The van der Waals surface area contributed by atoms with Gasteiger partial charge in [-0.05, 0) is 6.92 Å². The molecule has 0 saturated carbocycles. The highest BCUT2D eigenvalue weighted by molar-refractivity contribution is 14.1. The molecule has 0 aliphatic heterocycles. The minimum absolute atomic E-state index is 0.339. The standard InChI is InChI=1S/C4H6F3IO/c1-3(9,2-8)4(5,6)7/h9H,2H2,1H3. The number of alkyl halides is 4. The molecule has 0 aromatic heterocycles. The van der Waals surface area contributed by atoms with Crippen LogP contribution in [0, 0.1) is 0 Å². The smallest absolute Gasteiger partial charge is 0.380 e. The molecule has 0 radical (unpaired) electrons. The average Bonchev–Trinajstić information content (AvgIpc) is 1.64. The zero-order chi connectivity index (χ0) is 7.71. The molecule has 0 saturated heterocycles. The summed E-state index contributed by atoms with van der Waals surface area (Å²) in [6, 6.07) is 0. The van der Waals surface area contributed by atoms with Crippen molar-refractivity contribution in [3.63, 3.8) is 0 Å². The van der Waals surface area contributed by atoms with E-state index in [0.717, 1.165) is 6.92 Å². The van der Waals surface area contributed by atoms with Gasteiger partial charge in [0.1, 0.15) is 0 Å². The summed E-state index contributed by atoms with van der Waals surface area (Å²) in [5.41, 5.74) is -2.53. The highest BCUT2D eigenvalue weighted by Gasteiger charge is 2.48. The van der Waals surface area contributed by atoms with Gasteiger partial charge in [0.15, 0.2) is 5.60 Å². The van der Waals surface area contributed by atoms with Gasteiger partial charge in [-0.2, -0.15) is 13.2 Å². The molecule has 0 amide bonds. The molecular formula is C4H6F3IO. The minimum atomic E-state index is -4.51. The maximum absolute atomic E-state index is 11.6. The molecule has 56 valence electrons. The van der Waals surface area contributed by atoms with Gasteiger partial charge in [-0.1, -0.05) is 22.6 Å². The highest BCUT2D eigenvalue weighted by Crippen LogP contribution is 2.30. The Balaban J connectivity index is 4.14. The lowest BCUT2D eigenvalue weighted by atomic mass is 10.1. The maximum atomic E-state index is 11.6. The van der Waals surface area contributed by atoms with Crippen molar-refractivity contribution in [3.8, 4) is 0 Å². The molecule has 1 nitrogen and oxygen atoms in total. The van der Waals surface area contributed by atoms with E-state index in [1.807, 2.05) is 0 Å². The van der Waals surface area contributed by atoms with Crippen molar-refractivity contribution in [2.75, 3.05) is 4.43 Å².